The number of aryl methyl sites for hydroxylation is 1. The number of tetrazole rings is 1. The molecule has 0 amide bonds. The lowest BCUT2D eigenvalue weighted by molar-refractivity contribution is 0.0603. The summed E-state index contributed by atoms with van der Waals surface area (Å²) in [4.78, 5) is 21.7. The summed E-state index contributed by atoms with van der Waals surface area (Å²) in [5, 5.41) is 14.1. The van der Waals surface area contributed by atoms with Crippen molar-refractivity contribution in [3.8, 4) is 0 Å². The van der Waals surface area contributed by atoms with Crippen molar-refractivity contribution in [1.29, 1.82) is 0 Å². The van der Waals surface area contributed by atoms with Crippen LogP contribution in [0.5, 0.6) is 0 Å². The van der Waals surface area contributed by atoms with E-state index in [-0.39, 0.29) is 17.1 Å². The number of benzene rings is 1. The van der Waals surface area contributed by atoms with E-state index in [2.05, 4.69) is 70.1 Å². The molecule has 1 saturated heterocycles. The summed E-state index contributed by atoms with van der Waals surface area (Å²) in [5.41, 5.74) is 2.44. The van der Waals surface area contributed by atoms with Crippen LogP contribution in [0.3, 0.4) is 0 Å². The molecule has 0 unspecified atom stereocenters. The third-order valence-corrected chi connectivity index (χ3v) is 8.30. The molecule has 188 valence electrons. The van der Waals surface area contributed by atoms with E-state index in [0.717, 1.165) is 54.9 Å². The van der Waals surface area contributed by atoms with Crippen molar-refractivity contribution in [2.75, 3.05) is 26.2 Å². The first-order valence-electron chi connectivity index (χ1n) is 13.3. The molecule has 2 aliphatic rings. The molecule has 0 spiro atoms. The van der Waals surface area contributed by atoms with Crippen molar-refractivity contribution in [1.82, 2.24) is 35.0 Å². The van der Waals surface area contributed by atoms with Crippen LogP contribution in [0.4, 0.5) is 0 Å². The van der Waals surface area contributed by atoms with Gasteiger partial charge < -0.3 is 4.98 Å². The molecule has 1 atom stereocenters. The van der Waals surface area contributed by atoms with Crippen LogP contribution in [0.15, 0.2) is 29.1 Å². The summed E-state index contributed by atoms with van der Waals surface area (Å²) in [6.45, 7) is 12.4. The Morgan fingerprint density at radius 3 is 2.54 bits per heavy atom. The van der Waals surface area contributed by atoms with Gasteiger partial charge in [0.25, 0.3) is 5.56 Å². The van der Waals surface area contributed by atoms with E-state index in [4.69, 9.17) is 0 Å². The standard InChI is InChI=1S/C27H39N7O/c1-5-27(3,4)34-25(29-30-31-34)24(22-18-20-17-19(2)11-12-23(20)28-26(22)35)33-15-13-32(14-16-33)21-9-7-6-8-10-21/h11-12,17-18,21,24H,5-10,13-16H2,1-4H3,(H,28,35)/t24-/m1/s1. The molecule has 8 nitrogen and oxygen atoms in total. The highest BCUT2D eigenvalue weighted by atomic mass is 16.1. The van der Waals surface area contributed by atoms with Crippen LogP contribution >= 0.6 is 0 Å². The van der Waals surface area contributed by atoms with Crippen LogP contribution in [0.1, 0.15) is 82.3 Å². The molecule has 1 aliphatic heterocycles. The summed E-state index contributed by atoms with van der Waals surface area (Å²) in [7, 11) is 0. The number of H-pyrrole nitrogens is 1. The summed E-state index contributed by atoms with van der Waals surface area (Å²) < 4.78 is 1.94. The Bertz CT molecular complexity index is 1220. The van der Waals surface area contributed by atoms with Gasteiger partial charge in [0, 0.05) is 43.3 Å². The normalized spacial score (nSPS) is 19.9. The second kappa shape index (κ2) is 9.82. The largest absolute Gasteiger partial charge is 0.322 e. The third-order valence-electron chi connectivity index (χ3n) is 8.30. The van der Waals surface area contributed by atoms with E-state index in [9.17, 15) is 4.79 Å². The zero-order valence-electron chi connectivity index (χ0n) is 21.6. The molecule has 0 bridgehead atoms. The molecule has 2 fully saturated rings. The minimum atomic E-state index is -0.294. The molecule has 8 heteroatoms. The molecule has 1 saturated carbocycles. The Morgan fingerprint density at radius 1 is 1.09 bits per heavy atom. The lowest BCUT2D eigenvalue weighted by Gasteiger charge is -2.43. The van der Waals surface area contributed by atoms with Crippen molar-refractivity contribution in [3.05, 3.63) is 51.6 Å². The zero-order chi connectivity index (χ0) is 24.6. The van der Waals surface area contributed by atoms with Gasteiger partial charge in [0.1, 0.15) is 6.04 Å². The third kappa shape index (κ3) is 4.78. The fraction of sp³-hybridized carbons (Fsp3) is 0.630. The minimum absolute atomic E-state index is 0.0649. The Morgan fingerprint density at radius 2 is 1.83 bits per heavy atom. The van der Waals surface area contributed by atoms with Crippen LogP contribution < -0.4 is 5.56 Å². The fourth-order valence-electron chi connectivity index (χ4n) is 5.80. The summed E-state index contributed by atoms with van der Waals surface area (Å²) in [5.74, 6) is 0.750. The highest BCUT2D eigenvalue weighted by molar-refractivity contribution is 5.79. The van der Waals surface area contributed by atoms with Gasteiger partial charge in [0.15, 0.2) is 5.82 Å². The van der Waals surface area contributed by atoms with Crippen molar-refractivity contribution in [3.63, 3.8) is 0 Å². The number of hydrogen-bond donors (Lipinski definition) is 1. The van der Waals surface area contributed by atoms with Crippen LogP contribution in [0, 0.1) is 6.92 Å². The number of fused-ring (bicyclic) bond motifs is 1. The van der Waals surface area contributed by atoms with E-state index in [1.54, 1.807) is 0 Å². The van der Waals surface area contributed by atoms with E-state index in [1.165, 1.54) is 37.7 Å². The molecular formula is C27H39N7O. The van der Waals surface area contributed by atoms with E-state index < -0.39 is 0 Å². The van der Waals surface area contributed by atoms with Gasteiger partial charge in [-0.25, -0.2) is 4.68 Å². The number of pyridine rings is 1. The fourth-order valence-corrected chi connectivity index (χ4v) is 5.80. The Balaban J connectivity index is 1.54. The average Bonchev–Trinajstić information content (AvgIpc) is 3.36. The number of piperazine rings is 1. The molecule has 5 rings (SSSR count). The molecule has 0 radical (unpaired) electrons. The van der Waals surface area contributed by atoms with E-state index in [0.29, 0.717) is 6.04 Å². The van der Waals surface area contributed by atoms with Gasteiger partial charge in [0.05, 0.1) is 5.54 Å². The summed E-state index contributed by atoms with van der Waals surface area (Å²) in [6, 6.07) is 8.62. The topological polar surface area (TPSA) is 82.9 Å². The SMILES string of the molecule is CCC(C)(C)n1nnnc1[C@@H](c1cc2cc(C)ccc2[nH]c1=O)N1CCN(C2CCCCC2)CC1. The van der Waals surface area contributed by atoms with Crippen molar-refractivity contribution in [2.45, 2.75) is 83.8 Å². The van der Waals surface area contributed by atoms with Gasteiger partial charge in [-0.2, -0.15) is 0 Å². The van der Waals surface area contributed by atoms with Gasteiger partial charge in [-0.3, -0.25) is 14.6 Å². The second-order valence-corrected chi connectivity index (χ2v) is 11.0. The molecular weight excluding hydrogens is 438 g/mol. The first-order chi connectivity index (χ1) is 16.9. The number of nitrogens with zero attached hydrogens (tertiary/aromatic N) is 6. The van der Waals surface area contributed by atoms with Gasteiger partial charge in [0.2, 0.25) is 0 Å². The maximum Gasteiger partial charge on any atom is 0.253 e. The molecule has 1 aliphatic carbocycles. The highest BCUT2D eigenvalue weighted by Crippen LogP contribution is 2.32. The quantitative estimate of drug-likeness (QED) is 0.578. The van der Waals surface area contributed by atoms with E-state index >= 15 is 0 Å². The summed E-state index contributed by atoms with van der Waals surface area (Å²) >= 11 is 0. The first-order valence-corrected chi connectivity index (χ1v) is 13.3. The van der Waals surface area contributed by atoms with Crippen LogP contribution in [0.25, 0.3) is 10.9 Å². The zero-order valence-corrected chi connectivity index (χ0v) is 21.6. The number of nitrogens with one attached hydrogen (secondary N) is 1. The lowest BCUT2D eigenvalue weighted by Crippen LogP contribution is -2.52. The highest BCUT2D eigenvalue weighted by Gasteiger charge is 2.36. The smallest absolute Gasteiger partial charge is 0.253 e. The lowest BCUT2D eigenvalue weighted by atomic mass is 9.93. The molecule has 3 heterocycles. The Kier molecular flexibility index (Phi) is 6.77. The average molecular weight is 478 g/mol. The van der Waals surface area contributed by atoms with Crippen LogP contribution in [-0.2, 0) is 5.54 Å². The minimum Gasteiger partial charge on any atom is -0.322 e. The Hall–Kier alpha value is -2.58. The monoisotopic (exact) mass is 477 g/mol. The van der Waals surface area contributed by atoms with Crippen molar-refractivity contribution < 1.29 is 0 Å². The number of rotatable bonds is 6. The van der Waals surface area contributed by atoms with Gasteiger partial charge in [-0.15, -0.1) is 5.10 Å². The van der Waals surface area contributed by atoms with Gasteiger partial charge >= 0.3 is 0 Å². The van der Waals surface area contributed by atoms with Crippen molar-refractivity contribution in [2.24, 2.45) is 0 Å². The molecule has 1 N–H and O–H groups in total. The molecule has 2 aromatic heterocycles. The maximum absolute atomic E-state index is 13.5. The van der Waals surface area contributed by atoms with Crippen molar-refractivity contribution >= 4 is 10.9 Å². The van der Waals surface area contributed by atoms with Gasteiger partial charge in [-0.05, 0) is 74.0 Å². The molecule has 35 heavy (non-hydrogen) atoms. The predicted molar refractivity (Wildman–Crippen MR) is 139 cm³/mol. The maximum atomic E-state index is 13.5. The number of aromatic nitrogens is 5. The number of aromatic amines is 1. The predicted octanol–water partition coefficient (Wildman–Crippen LogP) is 4.01. The summed E-state index contributed by atoms with van der Waals surface area (Å²) in [6.07, 6.45) is 7.59. The molecule has 3 aromatic rings. The first kappa shape index (κ1) is 24.1. The van der Waals surface area contributed by atoms with Crippen LogP contribution in [0.2, 0.25) is 0 Å². The molecule has 1 aromatic carbocycles. The second-order valence-electron chi connectivity index (χ2n) is 11.0. The number of hydrogen-bond acceptors (Lipinski definition) is 6. The van der Waals surface area contributed by atoms with E-state index in [1.807, 2.05) is 16.8 Å². The van der Waals surface area contributed by atoms with Crippen LogP contribution in [-0.4, -0.2) is 67.2 Å². The Labute approximate surface area is 207 Å². The van der Waals surface area contributed by atoms with Gasteiger partial charge in [-0.1, -0.05) is 37.8 Å².